The highest BCUT2D eigenvalue weighted by atomic mass is 79.9. The number of nitrogens with one attached hydrogen (secondary N) is 1. The van der Waals surface area contributed by atoms with Crippen LogP contribution in [0, 0.1) is 5.82 Å². The molecule has 18 heavy (non-hydrogen) atoms. The van der Waals surface area contributed by atoms with Crippen molar-refractivity contribution in [1.29, 1.82) is 0 Å². The lowest BCUT2D eigenvalue weighted by Gasteiger charge is -2.17. The maximum atomic E-state index is 13.5. The first kappa shape index (κ1) is 13.2. The topological polar surface area (TPSA) is 42.7 Å². The Labute approximate surface area is 113 Å². The molecule has 0 amide bonds. The van der Waals surface area contributed by atoms with E-state index in [1.54, 1.807) is 10.7 Å². The molecule has 0 aliphatic rings. The number of aryl methyl sites for hydroxylation is 1. The number of likely N-dealkylation sites (N-methyl/N-ethyl adjacent to an activating group) is 1. The van der Waals surface area contributed by atoms with Gasteiger partial charge in [-0.25, -0.2) is 4.39 Å². The Bertz CT molecular complexity index is 541. The molecule has 4 nitrogen and oxygen atoms in total. The second kappa shape index (κ2) is 5.58. The van der Waals surface area contributed by atoms with Gasteiger partial charge in [0.25, 0.3) is 0 Å². The van der Waals surface area contributed by atoms with Crippen molar-refractivity contribution >= 4 is 15.9 Å². The summed E-state index contributed by atoms with van der Waals surface area (Å²) < 4.78 is 15.7. The molecule has 2 aromatic rings. The highest BCUT2D eigenvalue weighted by Crippen LogP contribution is 2.27. The second-order valence-corrected chi connectivity index (χ2v) is 4.86. The van der Waals surface area contributed by atoms with Crippen LogP contribution in [0.25, 0.3) is 0 Å². The summed E-state index contributed by atoms with van der Waals surface area (Å²) in [6, 6.07) is 5.02. The molecule has 0 saturated carbocycles. The lowest BCUT2D eigenvalue weighted by Crippen LogP contribution is -2.19. The molecule has 0 fully saturated rings. The highest BCUT2D eigenvalue weighted by Gasteiger charge is 2.16. The van der Waals surface area contributed by atoms with Crippen molar-refractivity contribution in [3.05, 3.63) is 45.9 Å². The first-order valence-corrected chi connectivity index (χ1v) is 6.37. The van der Waals surface area contributed by atoms with Gasteiger partial charge in [0.1, 0.15) is 5.82 Å². The number of hydrogen-bond acceptors (Lipinski definition) is 3. The van der Waals surface area contributed by atoms with Gasteiger partial charge >= 0.3 is 0 Å². The molecule has 1 heterocycles. The fraction of sp³-hybridized carbons (Fsp3) is 0.333. The Kier molecular flexibility index (Phi) is 4.08. The third-order valence-electron chi connectivity index (χ3n) is 2.77. The zero-order valence-electron chi connectivity index (χ0n) is 10.2. The van der Waals surface area contributed by atoms with E-state index in [0.717, 1.165) is 11.3 Å². The summed E-state index contributed by atoms with van der Waals surface area (Å²) in [5.41, 5.74) is 1.75. The summed E-state index contributed by atoms with van der Waals surface area (Å²) in [6.45, 7) is 0. The molecular formula is C12H14BrFN4. The van der Waals surface area contributed by atoms with Crippen LogP contribution in [0.2, 0.25) is 0 Å². The van der Waals surface area contributed by atoms with Crippen molar-refractivity contribution in [3.8, 4) is 0 Å². The fourth-order valence-electron chi connectivity index (χ4n) is 1.86. The molecule has 1 atom stereocenters. The van der Waals surface area contributed by atoms with Gasteiger partial charge in [0.15, 0.2) is 0 Å². The average Bonchev–Trinajstić information content (AvgIpc) is 2.76. The van der Waals surface area contributed by atoms with E-state index in [0.29, 0.717) is 10.9 Å². The predicted molar refractivity (Wildman–Crippen MR) is 70.6 cm³/mol. The summed E-state index contributed by atoms with van der Waals surface area (Å²) >= 11 is 3.28. The third-order valence-corrected chi connectivity index (χ3v) is 3.61. The van der Waals surface area contributed by atoms with Crippen molar-refractivity contribution in [2.45, 2.75) is 12.5 Å². The van der Waals surface area contributed by atoms with Gasteiger partial charge in [-0.15, -0.1) is 5.10 Å². The minimum absolute atomic E-state index is 0.00762. The average molecular weight is 313 g/mol. The third kappa shape index (κ3) is 2.76. The van der Waals surface area contributed by atoms with Gasteiger partial charge in [-0.3, -0.25) is 4.68 Å². The first-order chi connectivity index (χ1) is 8.61. The number of aromatic nitrogens is 3. The van der Waals surface area contributed by atoms with Gasteiger partial charge in [0.2, 0.25) is 0 Å². The molecule has 6 heteroatoms. The zero-order valence-corrected chi connectivity index (χ0v) is 11.8. The molecule has 0 saturated heterocycles. The van der Waals surface area contributed by atoms with Crippen LogP contribution >= 0.6 is 15.9 Å². The SMILES string of the molecule is CNC(Cc1cn(C)nn1)c1cccc(F)c1Br. The molecule has 0 bridgehead atoms. The monoisotopic (exact) mass is 312 g/mol. The second-order valence-electron chi connectivity index (χ2n) is 4.07. The van der Waals surface area contributed by atoms with Crippen LogP contribution in [0.3, 0.4) is 0 Å². The highest BCUT2D eigenvalue weighted by molar-refractivity contribution is 9.10. The fourth-order valence-corrected chi connectivity index (χ4v) is 2.40. The van der Waals surface area contributed by atoms with Crippen LogP contribution in [0.15, 0.2) is 28.9 Å². The Morgan fingerprint density at radius 1 is 1.50 bits per heavy atom. The smallest absolute Gasteiger partial charge is 0.137 e. The molecule has 0 aliphatic heterocycles. The predicted octanol–water partition coefficient (Wildman–Crippen LogP) is 2.22. The van der Waals surface area contributed by atoms with E-state index in [1.165, 1.54) is 6.07 Å². The lowest BCUT2D eigenvalue weighted by molar-refractivity contribution is 0.565. The van der Waals surface area contributed by atoms with Gasteiger partial charge in [-0.2, -0.15) is 0 Å². The van der Waals surface area contributed by atoms with Gasteiger partial charge in [0.05, 0.1) is 10.2 Å². The van der Waals surface area contributed by atoms with Crippen LogP contribution in [-0.2, 0) is 13.5 Å². The Morgan fingerprint density at radius 3 is 2.89 bits per heavy atom. The van der Waals surface area contributed by atoms with Crippen LogP contribution in [0.5, 0.6) is 0 Å². The van der Waals surface area contributed by atoms with E-state index in [2.05, 4.69) is 31.6 Å². The van der Waals surface area contributed by atoms with Crippen molar-refractivity contribution in [3.63, 3.8) is 0 Å². The number of halogens is 2. The van der Waals surface area contributed by atoms with Crippen LogP contribution in [0.4, 0.5) is 4.39 Å². The van der Waals surface area contributed by atoms with E-state index in [-0.39, 0.29) is 11.9 Å². The lowest BCUT2D eigenvalue weighted by atomic mass is 10.0. The van der Waals surface area contributed by atoms with E-state index in [9.17, 15) is 4.39 Å². The van der Waals surface area contributed by atoms with Gasteiger partial charge in [-0.1, -0.05) is 17.3 Å². The van der Waals surface area contributed by atoms with E-state index >= 15 is 0 Å². The zero-order chi connectivity index (χ0) is 13.1. The molecule has 1 aromatic heterocycles. The van der Waals surface area contributed by atoms with Gasteiger partial charge < -0.3 is 5.32 Å². The molecule has 0 aliphatic carbocycles. The van der Waals surface area contributed by atoms with Crippen LogP contribution < -0.4 is 5.32 Å². The summed E-state index contributed by atoms with van der Waals surface area (Å²) in [4.78, 5) is 0. The minimum atomic E-state index is -0.258. The van der Waals surface area contributed by atoms with E-state index < -0.39 is 0 Å². The molecule has 0 spiro atoms. The molecular weight excluding hydrogens is 299 g/mol. The van der Waals surface area contributed by atoms with Gasteiger partial charge in [-0.05, 0) is 34.6 Å². The molecule has 2 rings (SSSR count). The van der Waals surface area contributed by atoms with Crippen LogP contribution in [-0.4, -0.2) is 22.0 Å². The summed E-state index contributed by atoms with van der Waals surface area (Å²) in [6.07, 6.45) is 2.52. The molecule has 96 valence electrons. The summed E-state index contributed by atoms with van der Waals surface area (Å²) in [5, 5.41) is 11.1. The summed E-state index contributed by atoms with van der Waals surface area (Å²) in [7, 11) is 3.67. The standard InChI is InChI=1S/C12H14BrFN4/c1-15-11(6-8-7-18(2)17-16-8)9-4-3-5-10(14)12(9)13/h3-5,7,11,15H,6H2,1-2H3. The number of benzene rings is 1. The summed E-state index contributed by atoms with van der Waals surface area (Å²) in [5.74, 6) is -0.258. The molecule has 1 aromatic carbocycles. The number of hydrogen-bond donors (Lipinski definition) is 1. The Hall–Kier alpha value is -1.27. The molecule has 1 N–H and O–H groups in total. The largest absolute Gasteiger partial charge is 0.313 e. The maximum absolute atomic E-state index is 13.5. The number of rotatable bonds is 4. The van der Waals surface area contributed by atoms with Crippen molar-refractivity contribution < 1.29 is 4.39 Å². The Morgan fingerprint density at radius 2 is 2.28 bits per heavy atom. The minimum Gasteiger partial charge on any atom is -0.313 e. The van der Waals surface area contributed by atoms with Gasteiger partial charge in [0, 0.05) is 25.7 Å². The van der Waals surface area contributed by atoms with Crippen LogP contribution in [0.1, 0.15) is 17.3 Å². The number of nitrogens with zero attached hydrogens (tertiary/aromatic N) is 3. The van der Waals surface area contributed by atoms with Crippen molar-refractivity contribution in [1.82, 2.24) is 20.3 Å². The molecule has 1 unspecified atom stereocenters. The quantitative estimate of drug-likeness (QED) is 0.941. The normalized spacial score (nSPS) is 12.7. The maximum Gasteiger partial charge on any atom is 0.137 e. The first-order valence-electron chi connectivity index (χ1n) is 5.58. The van der Waals surface area contributed by atoms with Crippen molar-refractivity contribution in [2.75, 3.05) is 7.05 Å². The van der Waals surface area contributed by atoms with E-state index in [4.69, 9.17) is 0 Å². The Balaban J connectivity index is 2.25. The van der Waals surface area contributed by atoms with Crippen molar-refractivity contribution in [2.24, 2.45) is 7.05 Å². The van der Waals surface area contributed by atoms with E-state index in [1.807, 2.05) is 26.4 Å². The molecule has 0 radical (unpaired) electrons.